The predicted molar refractivity (Wildman–Crippen MR) is 112 cm³/mol. The first kappa shape index (κ1) is 20.7. The molecule has 2 aromatic carbocycles. The number of methoxy groups -OCH3 is 2. The van der Waals surface area contributed by atoms with E-state index in [1.807, 2.05) is 24.3 Å². The summed E-state index contributed by atoms with van der Waals surface area (Å²) < 4.78 is 10.7. The topological polar surface area (TPSA) is 59.1 Å². The van der Waals surface area contributed by atoms with Gasteiger partial charge in [-0.25, -0.2) is 0 Å². The first-order chi connectivity index (χ1) is 14.0. The van der Waals surface area contributed by atoms with Crippen LogP contribution in [-0.4, -0.2) is 62.0 Å². The second-order valence-corrected chi connectivity index (χ2v) is 7.40. The molecule has 6 heteroatoms. The van der Waals surface area contributed by atoms with Crippen LogP contribution in [0.4, 0.5) is 0 Å². The average Bonchev–Trinajstić information content (AvgIpc) is 2.77. The molecular weight excluding hydrogens is 368 g/mol. The van der Waals surface area contributed by atoms with Crippen LogP contribution in [0.15, 0.2) is 42.5 Å². The fourth-order valence-corrected chi connectivity index (χ4v) is 3.53. The number of carbonyl (C=O) groups is 2. The Hall–Kier alpha value is -3.02. The molecule has 0 radical (unpaired) electrons. The minimum absolute atomic E-state index is 0.00589. The Bertz CT molecular complexity index is 869. The molecular formula is C23H28N2O4. The first-order valence-corrected chi connectivity index (χ1v) is 9.85. The molecule has 2 aromatic rings. The Morgan fingerprint density at radius 1 is 0.828 bits per heavy atom. The Morgan fingerprint density at radius 2 is 1.41 bits per heavy atom. The first-order valence-electron chi connectivity index (χ1n) is 9.85. The van der Waals surface area contributed by atoms with E-state index in [1.54, 1.807) is 35.1 Å². The van der Waals surface area contributed by atoms with Crippen molar-refractivity contribution >= 4 is 11.8 Å². The highest BCUT2D eigenvalue weighted by Gasteiger charge is 2.27. The molecule has 0 atom stereocenters. The molecule has 154 valence electrons. The number of ether oxygens (including phenoxy) is 2. The highest BCUT2D eigenvalue weighted by Crippen LogP contribution is 2.31. The van der Waals surface area contributed by atoms with Crippen molar-refractivity contribution in [2.24, 2.45) is 0 Å². The fourth-order valence-electron chi connectivity index (χ4n) is 3.53. The lowest BCUT2D eigenvalue weighted by Gasteiger charge is -2.35. The number of para-hydroxylation sites is 1. The molecule has 3 rings (SSSR count). The zero-order valence-corrected chi connectivity index (χ0v) is 17.5. The van der Waals surface area contributed by atoms with Crippen LogP contribution in [0.1, 0.15) is 46.0 Å². The number of hydrogen-bond acceptors (Lipinski definition) is 4. The minimum Gasteiger partial charge on any atom is -0.493 e. The van der Waals surface area contributed by atoms with Crippen molar-refractivity contribution in [1.29, 1.82) is 0 Å². The summed E-state index contributed by atoms with van der Waals surface area (Å²) in [6.07, 6.45) is 0. The lowest BCUT2D eigenvalue weighted by Crippen LogP contribution is -2.50. The maximum atomic E-state index is 13.0. The molecule has 1 heterocycles. The molecule has 0 saturated carbocycles. The van der Waals surface area contributed by atoms with Gasteiger partial charge in [-0.1, -0.05) is 32.0 Å². The predicted octanol–water partition coefficient (Wildman–Crippen LogP) is 3.43. The van der Waals surface area contributed by atoms with Gasteiger partial charge in [0, 0.05) is 31.7 Å². The highest BCUT2D eigenvalue weighted by atomic mass is 16.5. The summed E-state index contributed by atoms with van der Waals surface area (Å²) in [5.41, 5.74) is 2.36. The van der Waals surface area contributed by atoms with Crippen LogP contribution in [0, 0.1) is 0 Å². The molecule has 29 heavy (non-hydrogen) atoms. The molecule has 1 saturated heterocycles. The second-order valence-electron chi connectivity index (χ2n) is 7.40. The van der Waals surface area contributed by atoms with Crippen molar-refractivity contribution in [2.45, 2.75) is 19.8 Å². The summed E-state index contributed by atoms with van der Waals surface area (Å²) in [6, 6.07) is 13.1. The maximum Gasteiger partial charge on any atom is 0.257 e. The van der Waals surface area contributed by atoms with Crippen molar-refractivity contribution in [2.75, 3.05) is 40.4 Å². The van der Waals surface area contributed by atoms with Crippen molar-refractivity contribution < 1.29 is 19.1 Å². The summed E-state index contributed by atoms with van der Waals surface area (Å²) in [7, 11) is 3.07. The number of amides is 2. The zero-order valence-electron chi connectivity index (χ0n) is 17.5. The van der Waals surface area contributed by atoms with Crippen molar-refractivity contribution in [1.82, 2.24) is 9.80 Å². The Labute approximate surface area is 172 Å². The smallest absolute Gasteiger partial charge is 0.257 e. The molecule has 2 amide bonds. The lowest BCUT2D eigenvalue weighted by molar-refractivity contribution is 0.0533. The van der Waals surface area contributed by atoms with Crippen LogP contribution in [0.5, 0.6) is 11.5 Å². The molecule has 0 aromatic heterocycles. The van der Waals surface area contributed by atoms with Crippen LogP contribution in [0.3, 0.4) is 0 Å². The van der Waals surface area contributed by atoms with Gasteiger partial charge in [0.15, 0.2) is 11.5 Å². The minimum atomic E-state index is -0.117. The van der Waals surface area contributed by atoms with E-state index in [9.17, 15) is 9.59 Å². The van der Waals surface area contributed by atoms with E-state index in [2.05, 4.69) is 13.8 Å². The zero-order chi connectivity index (χ0) is 21.0. The largest absolute Gasteiger partial charge is 0.493 e. The van der Waals surface area contributed by atoms with Crippen molar-refractivity contribution in [3.8, 4) is 11.5 Å². The third-order valence-electron chi connectivity index (χ3n) is 5.31. The van der Waals surface area contributed by atoms with Gasteiger partial charge < -0.3 is 19.3 Å². The number of rotatable bonds is 5. The van der Waals surface area contributed by atoms with Gasteiger partial charge in [-0.05, 0) is 35.7 Å². The molecule has 0 spiro atoms. The van der Waals surface area contributed by atoms with Crippen LogP contribution in [0.25, 0.3) is 0 Å². The van der Waals surface area contributed by atoms with Gasteiger partial charge in [0.2, 0.25) is 0 Å². The van der Waals surface area contributed by atoms with Gasteiger partial charge in [0.05, 0.1) is 19.8 Å². The molecule has 0 bridgehead atoms. The van der Waals surface area contributed by atoms with E-state index in [1.165, 1.54) is 12.7 Å². The number of nitrogens with zero attached hydrogens (tertiary/aromatic N) is 2. The van der Waals surface area contributed by atoms with Gasteiger partial charge in [-0.15, -0.1) is 0 Å². The van der Waals surface area contributed by atoms with Gasteiger partial charge >= 0.3 is 0 Å². The number of piperazine rings is 1. The summed E-state index contributed by atoms with van der Waals surface area (Å²) in [5, 5.41) is 0. The third kappa shape index (κ3) is 4.36. The van der Waals surface area contributed by atoms with E-state index in [4.69, 9.17) is 9.47 Å². The summed E-state index contributed by atoms with van der Waals surface area (Å²) >= 11 is 0. The van der Waals surface area contributed by atoms with E-state index in [0.717, 1.165) is 0 Å². The lowest BCUT2D eigenvalue weighted by atomic mass is 10.0. The van der Waals surface area contributed by atoms with E-state index < -0.39 is 0 Å². The molecule has 1 aliphatic heterocycles. The molecule has 0 unspecified atom stereocenters. The van der Waals surface area contributed by atoms with E-state index in [0.29, 0.717) is 54.7 Å². The molecule has 0 aliphatic carbocycles. The van der Waals surface area contributed by atoms with Gasteiger partial charge in [-0.3, -0.25) is 9.59 Å². The van der Waals surface area contributed by atoms with E-state index >= 15 is 0 Å². The van der Waals surface area contributed by atoms with Crippen LogP contribution < -0.4 is 9.47 Å². The second kappa shape index (κ2) is 8.99. The maximum absolute atomic E-state index is 13.0. The highest BCUT2D eigenvalue weighted by molar-refractivity contribution is 5.98. The Kier molecular flexibility index (Phi) is 6.42. The monoisotopic (exact) mass is 396 g/mol. The van der Waals surface area contributed by atoms with Crippen molar-refractivity contribution in [3.63, 3.8) is 0 Å². The van der Waals surface area contributed by atoms with Crippen LogP contribution in [0.2, 0.25) is 0 Å². The molecule has 1 fully saturated rings. The Balaban J connectivity index is 1.66. The average molecular weight is 396 g/mol. The number of hydrogen-bond donors (Lipinski definition) is 0. The number of carbonyl (C=O) groups excluding carboxylic acids is 2. The summed E-state index contributed by atoms with van der Waals surface area (Å²) in [4.78, 5) is 29.3. The summed E-state index contributed by atoms with van der Waals surface area (Å²) in [6.45, 7) is 6.23. The number of benzene rings is 2. The quantitative estimate of drug-likeness (QED) is 0.777. The van der Waals surface area contributed by atoms with Crippen molar-refractivity contribution in [3.05, 3.63) is 59.2 Å². The van der Waals surface area contributed by atoms with Crippen LogP contribution in [-0.2, 0) is 0 Å². The van der Waals surface area contributed by atoms with Gasteiger partial charge in [-0.2, -0.15) is 0 Å². The normalized spacial score (nSPS) is 14.1. The SMILES string of the molecule is COc1cccc(C(=O)N2CCN(C(=O)c3ccc(C(C)C)cc3)CC2)c1OC. The molecule has 6 nitrogen and oxygen atoms in total. The van der Waals surface area contributed by atoms with E-state index in [-0.39, 0.29) is 11.8 Å². The van der Waals surface area contributed by atoms with Gasteiger partial charge in [0.25, 0.3) is 11.8 Å². The molecule has 1 aliphatic rings. The van der Waals surface area contributed by atoms with Crippen LogP contribution >= 0.6 is 0 Å². The van der Waals surface area contributed by atoms with Gasteiger partial charge in [0.1, 0.15) is 0 Å². The molecule has 0 N–H and O–H groups in total. The third-order valence-corrected chi connectivity index (χ3v) is 5.31. The fraction of sp³-hybridized carbons (Fsp3) is 0.391. The summed E-state index contributed by atoms with van der Waals surface area (Å²) in [5.74, 6) is 1.28. The Morgan fingerprint density at radius 3 is 1.93 bits per heavy atom. The standard InChI is InChI=1S/C23H28N2O4/c1-16(2)17-8-10-18(11-9-17)22(26)24-12-14-25(15-13-24)23(27)19-6-5-7-20(28-3)21(19)29-4/h5-11,16H,12-15H2,1-4H3.